The number of aromatic nitrogens is 2. The minimum atomic E-state index is -0.479. The van der Waals surface area contributed by atoms with Crippen molar-refractivity contribution < 1.29 is 9.53 Å². The second kappa shape index (κ2) is 6.53. The van der Waals surface area contributed by atoms with Crippen LogP contribution in [0.5, 0.6) is 0 Å². The number of anilines is 1. The van der Waals surface area contributed by atoms with Crippen molar-refractivity contribution >= 4 is 27.8 Å². The molecular weight excluding hydrogens is 300 g/mol. The number of halogens is 1. The van der Waals surface area contributed by atoms with Crippen LogP contribution in [0, 0.1) is 0 Å². The van der Waals surface area contributed by atoms with Crippen molar-refractivity contribution in [2.75, 3.05) is 18.4 Å². The highest BCUT2D eigenvalue weighted by Crippen LogP contribution is 2.16. The molecule has 0 atom stereocenters. The summed E-state index contributed by atoms with van der Waals surface area (Å²) in [6, 6.07) is 0. The Kier molecular flexibility index (Phi) is 5.33. The largest absolute Gasteiger partial charge is 0.444 e. The van der Waals surface area contributed by atoms with Crippen molar-refractivity contribution in [3.05, 3.63) is 17.0 Å². The lowest BCUT2D eigenvalue weighted by atomic mass is 10.2. The van der Waals surface area contributed by atoms with Crippen molar-refractivity contribution in [2.24, 2.45) is 0 Å². The molecule has 1 aromatic rings. The fourth-order valence-corrected chi connectivity index (χ4v) is 1.46. The Hall–Kier alpha value is -1.37. The first-order chi connectivity index (χ1) is 8.38. The molecule has 1 aromatic heterocycles. The van der Waals surface area contributed by atoms with Crippen molar-refractivity contribution in [1.82, 2.24) is 15.3 Å². The van der Waals surface area contributed by atoms with Gasteiger partial charge in [-0.25, -0.2) is 14.8 Å². The Morgan fingerprint density at radius 2 is 2.17 bits per heavy atom. The third-order valence-electron chi connectivity index (χ3n) is 1.75. The van der Waals surface area contributed by atoms with Gasteiger partial charge in [-0.15, -0.1) is 0 Å². The average molecular weight is 317 g/mol. The molecule has 1 amide bonds. The quantitative estimate of drug-likeness (QED) is 0.833. The van der Waals surface area contributed by atoms with Gasteiger partial charge in [0.05, 0.1) is 4.47 Å². The van der Waals surface area contributed by atoms with Gasteiger partial charge in [-0.3, -0.25) is 0 Å². The molecule has 2 N–H and O–H groups in total. The van der Waals surface area contributed by atoms with E-state index in [1.807, 2.05) is 20.8 Å². The van der Waals surface area contributed by atoms with Crippen molar-refractivity contribution in [3.63, 3.8) is 0 Å². The summed E-state index contributed by atoms with van der Waals surface area (Å²) in [4.78, 5) is 19.2. The van der Waals surface area contributed by atoms with Crippen molar-refractivity contribution in [2.45, 2.75) is 26.4 Å². The Labute approximate surface area is 115 Å². The molecular formula is C11H17BrN4O2. The molecule has 0 unspecified atom stereocenters. The van der Waals surface area contributed by atoms with Gasteiger partial charge >= 0.3 is 6.09 Å². The van der Waals surface area contributed by atoms with Gasteiger partial charge in [-0.05, 0) is 36.7 Å². The van der Waals surface area contributed by atoms with Gasteiger partial charge in [0.2, 0.25) is 0 Å². The molecule has 0 saturated heterocycles. The molecule has 18 heavy (non-hydrogen) atoms. The minimum absolute atomic E-state index is 0.425. The highest BCUT2D eigenvalue weighted by molar-refractivity contribution is 9.10. The van der Waals surface area contributed by atoms with Gasteiger partial charge in [0, 0.05) is 19.3 Å². The second-order valence-corrected chi connectivity index (χ2v) is 5.43. The van der Waals surface area contributed by atoms with E-state index in [0.717, 1.165) is 4.47 Å². The van der Waals surface area contributed by atoms with E-state index in [1.165, 1.54) is 6.33 Å². The zero-order chi connectivity index (χ0) is 13.6. The third kappa shape index (κ3) is 5.81. The van der Waals surface area contributed by atoms with Crippen LogP contribution in [0.1, 0.15) is 20.8 Å². The molecule has 0 aliphatic heterocycles. The number of hydrogen-bond donors (Lipinski definition) is 2. The summed E-state index contributed by atoms with van der Waals surface area (Å²) in [6.07, 6.45) is 2.68. The van der Waals surface area contributed by atoms with E-state index >= 15 is 0 Å². The maximum atomic E-state index is 11.3. The highest BCUT2D eigenvalue weighted by atomic mass is 79.9. The van der Waals surface area contributed by atoms with E-state index in [0.29, 0.717) is 18.9 Å². The van der Waals surface area contributed by atoms with Crippen LogP contribution in [0.3, 0.4) is 0 Å². The van der Waals surface area contributed by atoms with Crippen LogP contribution in [0.2, 0.25) is 0 Å². The van der Waals surface area contributed by atoms with E-state index in [4.69, 9.17) is 4.74 Å². The fraction of sp³-hybridized carbons (Fsp3) is 0.545. The number of nitrogens with one attached hydrogen (secondary N) is 2. The SMILES string of the molecule is CC(C)(C)OC(=O)NCCNc1ncncc1Br. The molecule has 0 fully saturated rings. The number of nitrogens with zero attached hydrogens (tertiary/aromatic N) is 2. The number of hydrogen-bond acceptors (Lipinski definition) is 5. The third-order valence-corrected chi connectivity index (χ3v) is 2.33. The van der Waals surface area contributed by atoms with Crippen molar-refractivity contribution in [3.8, 4) is 0 Å². The standard InChI is InChI=1S/C11H17BrN4O2/c1-11(2,3)18-10(17)15-5-4-14-9-8(12)6-13-7-16-9/h6-7H,4-5H2,1-3H3,(H,15,17)(H,13,14,16). The zero-order valence-electron chi connectivity index (χ0n) is 10.7. The average Bonchev–Trinajstić information content (AvgIpc) is 2.24. The summed E-state index contributed by atoms with van der Waals surface area (Å²) < 4.78 is 5.88. The first-order valence-electron chi connectivity index (χ1n) is 5.55. The minimum Gasteiger partial charge on any atom is -0.444 e. The lowest BCUT2D eigenvalue weighted by molar-refractivity contribution is 0.0530. The second-order valence-electron chi connectivity index (χ2n) is 4.57. The number of rotatable bonds is 4. The van der Waals surface area contributed by atoms with Crippen LogP contribution >= 0.6 is 15.9 Å². The molecule has 1 heterocycles. The molecule has 0 aromatic carbocycles. The summed E-state index contributed by atoms with van der Waals surface area (Å²) in [7, 11) is 0. The van der Waals surface area contributed by atoms with Crippen LogP contribution < -0.4 is 10.6 Å². The van der Waals surface area contributed by atoms with Crippen LogP contribution in [0.25, 0.3) is 0 Å². The topological polar surface area (TPSA) is 76.1 Å². The predicted molar refractivity (Wildman–Crippen MR) is 72.5 cm³/mol. The van der Waals surface area contributed by atoms with Crippen LogP contribution in [-0.4, -0.2) is 34.8 Å². The number of carbonyl (C=O) groups excluding carboxylic acids is 1. The van der Waals surface area contributed by atoms with E-state index in [9.17, 15) is 4.79 Å². The molecule has 7 heteroatoms. The number of amides is 1. The highest BCUT2D eigenvalue weighted by Gasteiger charge is 2.15. The molecule has 1 rings (SSSR count). The smallest absolute Gasteiger partial charge is 0.407 e. The van der Waals surface area contributed by atoms with E-state index in [1.54, 1.807) is 6.20 Å². The Morgan fingerprint density at radius 3 is 2.78 bits per heavy atom. The number of carbonyl (C=O) groups is 1. The lowest BCUT2D eigenvalue weighted by Gasteiger charge is -2.19. The molecule has 0 aliphatic carbocycles. The van der Waals surface area contributed by atoms with Gasteiger partial charge in [0.15, 0.2) is 0 Å². The maximum absolute atomic E-state index is 11.3. The van der Waals surface area contributed by atoms with E-state index in [-0.39, 0.29) is 0 Å². The van der Waals surface area contributed by atoms with Gasteiger partial charge in [0.25, 0.3) is 0 Å². The van der Waals surface area contributed by atoms with Gasteiger partial charge in [-0.1, -0.05) is 0 Å². The Morgan fingerprint density at radius 1 is 1.44 bits per heavy atom. The number of ether oxygens (including phenoxy) is 1. The molecule has 0 saturated carbocycles. The van der Waals surface area contributed by atoms with Crippen molar-refractivity contribution in [1.29, 1.82) is 0 Å². The molecule has 0 bridgehead atoms. The maximum Gasteiger partial charge on any atom is 0.407 e. The first-order valence-corrected chi connectivity index (χ1v) is 6.34. The molecule has 100 valence electrons. The summed E-state index contributed by atoms with van der Waals surface area (Å²) in [5, 5.41) is 5.71. The molecule has 0 aliphatic rings. The summed E-state index contributed by atoms with van der Waals surface area (Å²) in [6.45, 7) is 6.47. The van der Waals surface area contributed by atoms with Crippen LogP contribution in [0.4, 0.5) is 10.6 Å². The normalized spacial score (nSPS) is 10.9. The van der Waals surface area contributed by atoms with E-state index < -0.39 is 11.7 Å². The van der Waals surface area contributed by atoms with Gasteiger partial charge in [-0.2, -0.15) is 0 Å². The Balaban J connectivity index is 2.23. The van der Waals surface area contributed by atoms with Crippen LogP contribution in [-0.2, 0) is 4.74 Å². The lowest BCUT2D eigenvalue weighted by Crippen LogP contribution is -2.35. The van der Waals surface area contributed by atoms with Crippen LogP contribution in [0.15, 0.2) is 17.0 Å². The first kappa shape index (κ1) is 14.7. The summed E-state index contributed by atoms with van der Waals surface area (Å²) >= 11 is 3.32. The molecule has 0 spiro atoms. The Bertz CT molecular complexity index is 406. The van der Waals surface area contributed by atoms with E-state index in [2.05, 4.69) is 36.5 Å². The number of alkyl carbamates (subject to hydrolysis) is 1. The summed E-state index contributed by atoms with van der Waals surface area (Å²) in [5.74, 6) is 0.691. The molecule has 0 radical (unpaired) electrons. The predicted octanol–water partition coefficient (Wildman–Crippen LogP) is 2.18. The monoisotopic (exact) mass is 316 g/mol. The van der Waals surface area contributed by atoms with Gasteiger partial charge < -0.3 is 15.4 Å². The fourth-order valence-electron chi connectivity index (χ4n) is 1.10. The molecule has 6 nitrogen and oxygen atoms in total. The van der Waals surface area contributed by atoms with Gasteiger partial charge in [0.1, 0.15) is 17.7 Å². The summed E-state index contributed by atoms with van der Waals surface area (Å²) in [5.41, 5.74) is -0.479. The zero-order valence-corrected chi connectivity index (χ0v) is 12.2.